The summed E-state index contributed by atoms with van der Waals surface area (Å²) in [4.78, 5) is 12.1. The first kappa shape index (κ1) is 13.7. The number of nitrogens with one attached hydrogen (secondary N) is 2. The van der Waals surface area contributed by atoms with E-state index in [1.165, 1.54) is 0 Å². The van der Waals surface area contributed by atoms with Crippen LogP contribution in [0.3, 0.4) is 0 Å². The first-order valence-electron chi connectivity index (χ1n) is 6.06. The molecule has 0 spiro atoms. The molecule has 2 atom stereocenters. The summed E-state index contributed by atoms with van der Waals surface area (Å²) in [6, 6.07) is 5.32. The molecule has 2 N–H and O–H groups in total. The molecular weight excluding hydrogens is 271 g/mol. The number of hydrogen-bond acceptors (Lipinski definition) is 2. The number of amides is 1. The van der Waals surface area contributed by atoms with Gasteiger partial charge in [-0.1, -0.05) is 23.2 Å². The van der Waals surface area contributed by atoms with Gasteiger partial charge >= 0.3 is 0 Å². The molecule has 0 saturated carbocycles. The van der Waals surface area contributed by atoms with Crippen LogP contribution in [0.15, 0.2) is 18.2 Å². The lowest BCUT2D eigenvalue weighted by molar-refractivity contribution is 0.0920. The van der Waals surface area contributed by atoms with Gasteiger partial charge < -0.3 is 10.6 Å². The van der Waals surface area contributed by atoms with Crippen LogP contribution >= 0.6 is 23.2 Å². The van der Waals surface area contributed by atoms with E-state index in [0.717, 1.165) is 19.4 Å². The van der Waals surface area contributed by atoms with E-state index in [4.69, 9.17) is 23.2 Å². The van der Waals surface area contributed by atoms with Crippen LogP contribution in [-0.2, 0) is 0 Å². The average Bonchev–Trinajstić information content (AvgIpc) is 2.31. The first-order chi connectivity index (χ1) is 8.56. The molecular formula is C13H16Cl2N2O. The molecule has 2 unspecified atom stereocenters. The van der Waals surface area contributed by atoms with Gasteiger partial charge in [0.05, 0.1) is 0 Å². The minimum Gasteiger partial charge on any atom is -0.348 e. The van der Waals surface area contributed by atoms with Gasteiger partial charge in [0.1, 0.15) is 0 Å². The van der Waals surface area contributed by atoms with Crippen molar-refractivity contribution in [1.82, 2.24) is 10.6 Å². The van der Waals surface area contributed by atoms with Crippen LogP contribution in [-0.4, -0.2) is 24.5 Å². The van der Waals surface area contributed by atoms with Crippen molar-refractivity contribution < 1.29 is 4.79 Å². The maximum Gasteiger partial charge on any atom is 0.251 e. The summed E-state index contributed by atoms with van der Waals surface area (Å²) in [7, 11) is 0. The summed E-state index contributed by atoms with van der Waals surface area (Å²) in [5, 5.41) is 7.31. The second-order valence-electron chi connectivity index (χ2n) is 4.62. The molecule has 1 fully saturated rings. The smallest absolute Gasteiger partial charge is 0.251 e. The topological polar surface area (TPSA) is 41.1 Å². The van der Waals surface area contributed by atoms with Gasteiger partial charge in [-0.15, -0.1) is 0 Å². The molecule has 0 radical (unpaired) electrons. The third-order valence-electron chi connectivity index (χ3n) is 3.20. The van der Waals surface area contributed by atoms with Gasteiger partial charge in [-0.3, -0.25) is 4.79 Å². The van der Waals surface area contributed by atoms with E-state index in [1.807, 2.05) is 0 Å². The maximum atomic E-state index is 12.1. The normalized spacial score (nSPS) is 23.7. The zero-order valence-corrected chi connectivity index (χ0v) is 11.7. The number of hydrogen-bond donors (Lipinski definition) is 2. The van der Waals surface area contributed by atoms with Crippen LogP contribution in [0.25, 0.3) is 0 Å². The molecule has 5 heteroatoms. The van der Waals surface area contributed by atoms with E-state index in [1.54, 1.807) is 18.2 Å². The number of piperidine rings is 1. The monoisotopic (exact) mass is 286 g/mol. The molecule has 3 nitrogen and oxygen atoms in total. The third-order valence-corrected chi connectivity index (χ3v) is 3.64. The maximum absolute atomic E-state index is 12.1. The summed E-state index contributed by atoms with van der Waals surface area (Å²) in [6.45, 7) is 3.09. The highest BCUT2D eigenvalue weighted by Crippen LogP contribution is 2.19. The van der Waals surface area contributed by atoms with Gasteiger partial charge in [-0.05, 0) is 44.5 Å². The molecule has 1 aromatic carbocycles. The fourth-order valence-corrected chi connectivity index (χ4v) is 2.70. The van der Waals surface area contributed by atoms with Crippen molar-refractivity contribution in [3.8, 4) is 0 Å². The van der Waals surface area contributed by atoms with E-state index < -0.39 is 0 Å². The van der Waals surface area contributed by atoms with Gasteiger partial charge in [0.25, 0.3) is 5.91 Å². The first-order valence-corrected chi connectivity index (χ1v) is 6.82. The minimum atomic E-state index is -0.125. The Morgan fingerprint density at radius 1 is 1.33 bits per heavy atom. The van der Waals surface area contributed by atoms with Crippen molar-refractivity contribution in [1.29, 1.82) is 0 Å². The highest BCUT2D eigenvalue weighted by molar-refractivity contribution is 6.35. The molecule has 1 aliphatic heterocycles. The fourth-order valence-electron chi connectivity index (χ4n) is 2.18. The van der Waals surface area contributed by atoms with E-state index in [0.29, 0.717) is 15.6 Å². The van der Waals surface area contributed by atoms with Crippen molar-refractivity contribution in [3.63, 3.8) is 0 Å². The summed E-state index contributed by atoms with van der Waals surface area (Å²) in [6.07, 6.45) is 2.07. The highest BCUT2D eigenvalue weighted by atomic mass is 35.5. The standard InChI is InChI=1S/C13H16Cl2N2O/c1-8-12(3-2-4-16-8)17-13(18)9-5-10(14)7-11(15)6-9/h5-8,12,16H,2-4H2,1H3,(H,17,18). The minimum absolute atomic E-state index is 0.125. The summed E-state index contributed by atoms with van der Waals surface area (Å²) in [5.74, 6) is -0.125. The van der Waals surface area contributed by atoms with Crippen LogP contribution in [0.5, 0.6) is 0 Å². The molecule has 1 aromatic rings. The van der Waals surface area contributed by atoms with Crippen molar-refractivity contribution >= 4 is 29.1 Å². The molecule has 0 bridgehead atoms. The lowest BCUT2D eigenvalue weighted by Crippen LogP contribution is -2.51. The Morgan fingerprint density at radius 3 is 2.61 bits per heavy atom. The van der Waals surface area contributed by atoms with Crippen LogP contribution in [0.1, 0.15) is 30.1 Å². The van der Waals surface area contributed by atoms with Crippen LogP contribution in [0.4, 0.5) is 0 Å². The van der Waals surface area contributed by atoms with Crippen molar-refractivity contribution in [3.05, 3.63) is 33.8 Å². The molecule has 0 aromatic heterocycles. The number of benzene rings is 1. The predicted octanol–water partition coefficient (Wildman–Crippen LogP) is 2.86. The zero-order chi connectivity index (χ0) is 13.1. The van der Waals surface area contributed by atoms with Gasteiger partial charge in [-0.25, -0.2) is 0 Å². The molecule has 18 heavy (non-hydrogen) atoms. The van der Waals surface area contributed by atoms with E-state index in [2.05, 4.69) is 17.6 Å². The molecule has 2 rings (SSSR count). The molecule has 0 aliphatic carbocycles. The SMILES string of the molecule is CC1NCCCC1NC(=O)c1cc(Cl)cc(Cl)c1. The van der Waals surface area contributed by atoms with Crippen molar-refractivity contribution in [2.75, 3.05) is 6.54 Å². The Hall–Kier alpha value is -0.770. The van der Waals surface area contributed by atoms with Gasteiger partial charge in [0.2, 0.25) is 0 Å². The predicted molar refractivity (Wildman–Crippen MR) is 74.4 cm³/mol. The summed E-state index contributed by atoms with van der Waals surface area (Å²) >= 11 is 11.8. The van der Waals surface area contributed by atoms with Crippen LogP contribution in [0.2, 0.25) is 10.0 Å². The Kier molecular flexibility index (Phi) is 4.49. The molecule has 1 amide bonds. The van der Waals surface area contributed by atoms with Gasteiger partial charge in [0, 0.05) is 27.7 Å². The van der Waals surface area contributed by atoms with Crippen LogP contribution < -0.4 is 10.6 Å². The number of halogens is 2. The summed E-state index contributed by atoms with van der Waals surface area (Å²) < 4.78 is 0. The highest BCUT2D eigenvalue weighted by Gasteiger charge is 2.22. The summed E-state index contributed by atoms with van der Waals surface area (Å²) in [5.41, 5.74) is 0.505. The number of carbonyl (C=O) groups excluding carboxylic acids is 1. The molecule has 1 saturated heterocycles. The average molecular weight is 287 g/mol. The Balaban J connectivity index is 2.06. The fraction of sp³-hybridized carbons (Fsp3) is 0.462. The second-order valence-corrected chi connectivity index (χ2v) is 5.50. The van der Waals surface area contributed by atoms with Gasteiger partial charge in [0.15, 0.2) is 0 Å². The van der Waals surface area contributed by atoms with E-state index >= 15 is 0 Å². The number of carbonyl (C=O) groups is 1. The lowest BCUT2D eigenvalue weighted by Gasteiger charge is -2.30. The molecule has 1 heterocycles. The van der Waals surface area contributed by atoms with Gasteiger partial charge in [-0.2, -0.15) is 0 Å². The Morgan fingerprint density at radius 2 is 2.00 bits per heavy atom. The lowest BCUT2D eigenvalue weighted by atomic mass is 9.99. The largest absolute Gasteiger partial charge is 0.348 e. The van der Waals surface area contributed by atoms with E-state index in [9.17, 15) is 4.79 Å². The Bertz CT molecular complexity index is 430. The second kappa shape index (κ2) is 5.91. The number of rotatable bonds is 2. The third kappa shape index (κ3) is 3.37. The van der Waals surface area contributed by atoms with Crippen LogP contribution in [0, 0.1) is 0 Å². The van der Waals surface area contributed by atoms with Crippen molar-refractivity contribution in [2.24, 2.45) is 0 Å². The molecule has 98 valence electrons. The van der Waals surface area contributed by atoms with E-state index in [-0.39, 0.29) is 18.0 Å². The molecule has 1 aliphatic rings. The quantitative estimate of drug-likeness (QED) is 0.878. The van der Waals surface area contributed by atoms with Crippen molar-refractivity contribution in [2.45, 2.75) is 31.8 Å². The Labute approximate surface area is 117 Å². The zero-order valence-electron chi connectivity index (χ0n) is 10.2.